The van der Waals surface area contributed by atoms with Gasteiger partial charge in [0.05, 0.1) is 6.61 Å². The van der Waals surface area contributed by atoms with Gasteiger partial charge in [0, 0.05) is 6.42 Å². The van der Waals surface area contributed by atoms with Crippen molar-refractivity contribution in [2.24, 2.45) is 5.92 Å². The minimum atomic E-state index is -0.646. The lowest BCUT2D eigenvalue weighted by atomic mass is 9.94. The first-order valence-electron chi connectivity index (χ1n) is 10.5. The zero-order chi connectivity index (χ0) is 20.7. The van der Waals surface area contributed by atoms with Gasteiger partial charge in [-0.1, -0.05) is 48.3 Å². The molecule has 0 bridgehead atoms. The molecule has 0 aromatic rings. The lowest BCUT2D eigenvalue weighted by molar-refractivity contribution is -0.151. The quantitative estimate of drug-likeness (QED) is 0.192. The van der Waals surface area contributed by atoms with Crippen molar-refractivity contribution in [3.63, 3.8) is 0 Å². The summed E-state index contributed by atoms with van der Waals surface area (Å²) in [6.45, 7) is 12.7. The fourth-order valence-electron chi connectivity index (χ4n) is 2.79. The van der Waals surface area contributed by atoms with Gasteiger partial charge < -0.3 is 4.74 Å². The zero-order valence-corrected chi connectivity index (χ0v) is 18.4. The number of hydrogen-bond donors (Lipinski definition) is 0. The highest BCUT2D eigenvalue weighted by Crippen LogP contribution is 2.17. The lowest BCUT2D eigenvalue weighted by Gasteiger charge is -2.13. The van der Waals surface area contributed by atoms with Gasteiger partial charge in [0.15, 0.2) is 0 Å². The van der Waals surface area contributed by atoms with Crippen molar-refractivity contribution in [3.05, 3.63) is 34.9 Å². The minimum absolute atomic E-state index is 0.00867. The van der Waals surface area contributed by atoms with E-state index in [4.69, 9.17) is 4.74 Å². The number of allylic oxidation sites excluding steroid dienone is 6. The first-order chi connectivity index (χ1) is 12.8. The molecule has 1 atom stereocenters. The molecule has 0 N–H and O–H groups in total. The van der Waals surface area contributed by atoms with Crippen molar-refractivity contribution >= 4 is 11.8 Å². The SMILES string of the molecule is CCCCC(=O)C(C/C=C(\C)CC/C=C(\C)CCC=C(C)C)C(=O)OCC. The number of carbonyl (C=O) groups is 2. The van der Waals surface area contributed by atoms with Crippen molar-refractivity contribution in [1.29, 1.82) is 0 Å². The van der Waals surface area contributed by atoms with Gasteiger partial charge in [-0.05, 0) is 73.1 Å². The highest BCUT2D eigenvalue weighted by molar-refractivity contribution is 5.99. The highest BCUT2D eigenvalue weighted by Gasteiger charge is 2.26. The highest BCUT2D eigenvalue weighted by atomic mass is 16.5. The van der Waals surface area contributed by atoms with Gasteiger partial charge in [-0.25, -0.2) is 0 Å². The molecular weight excluding hydrogens is 336 g/mol. The Morgan fingerprint density at radius 2 is 1.44 bits per heavy atom. The number of carbonyl (C=O) groups excluding carboxylic acids is 2. The molecule has 0 aliphatic heterocycles. The van der Waals surface area contributed by atoms with Crippen LogP contribution >= 0.6 is 0 Å². The zero-order valence-electron chi connectivity index (χ0n) is 18.4. The molecule has 0 amide bonds. The molecule has 3 heteroatoms. The Hall–Kier alpha value is -1.64. The summed E-state index contributed by atoms with van der Waals surface area (Å²) < 4.78 is 5.10. The van der Waals surface area contributed by atoms with E-state index in [-0.39, 0.29) is 11.8 Å². The first kappa shape index (κ1) is 25.4. The molecule has 0 rings (SSSR count). The van der Waals surface area contributed by atoms with E-state index in [1.165, 1.54) is 16.7 Å². The summed E-state index contributed by atoms with van der Waals surface area (Å²) in [5.41, 5.74) is 4.01. The molecule has 0 saturated carbocycles. The summed E-state index contributed by atoms with van der Waals surface area (Å²) in [5, 5.41) is 0. The standard InChI is InChI=1S/C24H40O3/c1-7-9-16-23(25)22(24(26)27-8-2)18-17-21(6)15-11-14-20(5)13-10-12-19(3)4/h12,14,17,22H,7-11,13,15-16,18H2,1-6H3/b20-14+,21-17+. The maximum atomic E-state index is 12.3. The maximum Gasteiger partial charge on any atom is 0.316 e. The number of ether oxygens (including phenoxy) is 1. The molecule has 27 heavy (non-hydrogen) atoms. The third-order valence-electron chi connectivity index (χ3n) is 4.56. The van der Waals surface area contributed by atoms with Crippen LogP contribution in [0.15, 0.2) is 34.9 Å². The summed E-state index contributed by atoms with van der Waals surface area (Å²) in [6, 6.07) is 0. The van der Waals surface area contributed by atoms with Crippen molar-refractivity contribution < 1.29 is 14.3 Å². The molecule has 0 aliphatic carbocycles. The van der Waals surface area contributed by atoms with Crippen LogP contribution in [0.5, 0.6) is 0 Å². The molecular formula is C24H40O3. The molecule has 0 aromatic heterocycles. The molecule has 0 heterocycles. The van der Waals surface area contributed by atoms with E-state index in [0.717, 1.165) is 38.5 Å². The minimum Gasteiger partial charge on any atom is -0.465 e. The Bertz CT molecular complexity index is 534. The van der Waals surface area contributed by atoms with Gasteiger partial charge >= 0.3 is 5.97 Å². The summed E-state index contributed by atoms with van der Waals surface area (Å²) in [5.74, 6) is -1.01. The molecule has 3 nitrogen and oxygen atoms in total. The largest absolute Gasteiger partial charge is 0.465 e. The van der Waals surface area contributed by atoms with E-state index in [0.29, 0.717) is 19.4 Å². The second-order valence-corrected chi connectivity index (χ2v) is 7.57. The predicted octanol–water partition coefficient (Wildman–Crippen LogP) is 6.73. The average molecular weight is 377 g/mol. The van der Waals surface area contributed by atoms with E-state index >= 15 is 0 Å². The van der Waals surface area contributed by atoms with Crippen LogP contribution < -0.4 is 0 Å². The Kier molecular flexibility index (Phi) is 14.5. The summed E-state index contributed by atoms with van der Waals surface area (Å²) >= 11 is 0. The Morgan fingerprint density at radius 1 is 0.852 bits per heavy atom. The number of rotatable bonds is 14. The van der Waals surface area contributed by atoms with Gasteiger partial charge in [-0.15, -0.1) is 0 Å². The number of Topliss-reactive ketones (excluding diaryl/α,β-unsaturated/α-hetero) is 1. The van der Waals surface area contributed by atoms with Crippen LogP contribution in [0.2, 0.25) is 0 Å². The van der Waals surface area contributed by atoms with Crippen molar-refractivity contribution in [2.45, 2.75) is 92.9 Å². The summed E-state index contributed by atoms with van der Waals surface area (Å²) in [6.07, 6.45) is 13.5. The number of unbranched alkanes of at least 4 members (excludes halogenated alkanes) is 1. The normalized spacial score (nSPS) is 13.3. The third kappa shape index (κ3) is 13.2. The number of ketones is 1. The van der Waals surface area contributed by atoms with E-state index in [1.54, 1.807) is 6.92 Å². The van der Waals surface area contributed by atoms with Crippen LogP contribution in [0.1, 0.15) is 92.9 Å². The molecule has 0 aliphatic rings. The van der Waals surface area contributed by atoms with Gasteiger partial charge in [0.25, 0.3) is 0 Å². The summed E-state index contributed by atoms with van der Waals surface area (Å²) in [7, 11) is 0. The molecule has 1 unspecified atom stereocenters. The summed E-state index contributed by atoms with van der Waals surface area (Å²) in [4.78, 5) is 24.5. The number of hydrogen-bond acceptors (Lipinski definition) is 3. The average Bonchev–Trinajstić information content (AvgIpc) is 2.60. The predicted molar refractivity (Wildman–Crippen MR) is 115 cm³/mol. The number of esters is 1. The lowest BCUT2D eigenvalue weighted by Crippen LogP contribution is -2.25. The molecule has 0 radical (unpaired) electrons. The Morgan fingerprint density at radius 3 is 2.00 bits per heavy atom. The van der Waals surface area contributed by atoms with Crippen LogP contribution in [0.3, 0.4) is 0 Å². The van der Waals surface area contributed by atoms with Crippen LogP contribution in [0, 0.1) is 5.92 Å². The van der Waals surface area contributed by atoms with Crippen molar-refractivity contribution in [1.82, 2.24) is 0 Å². The van der Waals surface area contributed by atoms with Crippen LogP contribution in [-0.2, 0) is 14.3 Å². The van der Waals surface area contributed by atoms with Crippen LogP contribution in [0.25, 0.3) is 0 Å². The molecule has 0 spiro atoms. The smallest absolute Gasteiger partial charge is 0.316 e. The van der Waals surface area contributed by atoms with Crippen molar-refractivity contribution in [2.75, 3.05) is 6.61 Å². The van der Waals surface area contributed by atoms with Gasteiger partial charge in [-0.3, -0.25) is 9.59 Å². The monoisotopic (exact) mass is 376 g/mol. The maximum absolute atomic E-state index is 12.3. The molecule has 154 valence electrons. The molecule has 0 aromatic carbocycles. The third-order valence-corrected chi connectivity index (χ3v) is 4.56. The second-order valence-electron chi connectivity index (χ2n) is 7.57. The fraction of sp³-hybridized carbons (Fsp3) is 0.667. The van der Waals surface area contributed by atoms with E-state index in [2.05, 4.69) is 39.8 Å². The second kappa shape index (κ2) is 15.4. The van der Waals surface area contributed by atoms with Gasteiger partial charge in [0.2, 0.25) is 0 Å². The fourth-order valence-corrected chi connectivity index (χ4v) is 2.79. The van der Waals surface area contributed by atoms with E-state index in [9.17, 15) is 9.59 Å². The van der Waals surface area contributed by atoms with Crippen LogP contribution in [0.4, 0.5) is 0 Å². The Balaban J connectivity index is 4.59. The first-order valence-corrected chi connectivity index (χ1v) is 10.5. The van der Waals surface area contributed by atoms with E-state index in [1.807, 2.05) is 13.0 Å². The van der Waals surface area contributed by atoms with Gasteiger partial charge in [-0.2, -0.15) is 0 Å². The van der Waals surface area contributed by atoms with E-state index < -0.39 is 5.92 Å². The molecule has 0 saturated heterocycles. The Labute approximate surface area is 167 Å². The topological polar surface area (TPSA) is 43.4 Å². The van der Waals surface area contributed by atoms with Crippen molar-refractivity contribution in [3.8, 4) is 0 Å². The van der Waals surface area contributed by atoms with Gasteiger partial charge in [0.1, 0.15) is 11.7 Å². The van der Waals surface area contributed by atoms with Crippen LogP contribution in [-0.4, -0.2) is 18.4 Å². The molecule has 0 fully saturated rings.